The third kappa shape index (κ3) is 7.95. The third-order valence-corrected chi connectivity index (χ3v) is 6.47. The summed E-state index contributed by atoms with van der Waals surface area (Å²) in [4.78, 5) is 29.0. The number of aliphatic hydroxyl groups excluding tert-OH is 3. The summed E-state index contributed by atoms with van der Waals surface area (Å²) in [5, 5.41) is 42.8. The van der Waals surface area contributed by atoms with Gasteiger partial charge in [-0.25, -0.2) is 9.37 Å². The molecule has 0 radical (unpaired) electrons. The molecule has 1 heterocycles. The first-order valence-corrected chi connectivity index (χ1v) is 13.0. The van der Waals surface area contributed by atoms with E-state index in [1.165, 1.54) is 31.4 Å². The first-order valence-electron chi connectivity index (χ1n) is 13.0. The van der Waals surface area contributed by atoms with E-state index in [9.17, 15) is 29.3 Å². The van der Waals surface area contributed by atoms with Crippen LogP contribution in [-0.4, -0.2) is 67.4 Å². The molecule has 0 aliphatic heterocycles. The highest BCUT2D eigenvalue weighted by molar-refractivity contribution is 5.94. The van der Waals surface area contributed by atoms with Gasteiger partial charge in [-0.2, -0.15) is 0 Å². The lowest BCUT2D eigenvalue weighted by molar-refractivity contribution is -0.139. The monoisotopic (exact) mass is 557 g/mol. The molecule has 3 aromatic rings. The summed E-state index contributed by atoms with van der Waals surface area (Å²) in [5.74, 6) is -2.05. The van der Waals surface area contributed by atoms with Crippen LogP contribution < -0.4 is 5.32 Å². The zero-order valence-corrected chi connectivity index (χ0v) is 22.7. The molecule has 0 unspecified atom stereocenters. The first-order chi connectivity index (χ1) is 19.0. The summed E-state index contributed by atoms with van der Waals surface area (Å²) in [6.07, 6.45) is -4.94. The van der Waals surface area contributed by atoms with Crippen LogP contribution in [-0.2, 0) is 16.1 Å². The number of rotatable bonds is 14. The largest absolute Gasteiger partial charge is 0.481 e. The molecule has 0 bridgehead atoms. The Morgan fingerprint density at radius 1 is 1.02 bits per heavy atom. The van der Waals surface area contributed by atoms with Gasteiger partial charge in [-0.1, -0.05) is 44.2 Å². The Hall–Kier alpha value is -3.64. The van der Waals surface area contributed by atoms with Crippen LogP contribution in [0.15, 0.2) is 54.6 Å². The molecule has 0 fully saturated rings. The number of carboxylic acid groups (broad SMARTS) is 1. The number of carboxylic acids is 1. The molecular formula is C29H36FN3O7. The number of aliphatic hydroxyl groups is 3. The number of carbonyl (C=O) groups excluding carboxylic acids is 1. The van der Waals surface area contributed by atoms with Crippen molar-refractivity contribution >= 4 is 11.9 Å². The number of nitrogens with one attached hydrogen (secondary N) is 1. The maximum Gasteiger partial charge on any atom is 0.305 e. The van der Waals surface area contributed by atoms with E-state index in [0.29, 0.717) is 22.6 Å². The maximum absolute atomic E-state index is 13.7. The number of aliphatic carboxylic acids is 1. The molecular weight excluding hydrogens is 521 g/mol. The molecule has 1 amide bonds. The van der Waals surface area contributed by atoms with Crippen molar-refractivity contribution in [3.8, 4) is 11.4 Å². The second-order valence-corrected chi connectivity index (χ2v) is 9.90. The van der Waals surface area contributed by atoms with Crippen molar-refractivity contribution in [2.45, 2.75) is 70.1 Å². The van der Waals surface area contributed by atoms with Gasteiger partial charge in [0.05, 0.1) is 24.3 Å². The van der Waals surface area contributed by atoms with Crippen molar-refractivity contribution in [2.24, 2.45) is 0 Å². The Bertz CT molecular complexity index is 1260. The Morgan fingerprint density at radius 3 is 2.25 bits per heavy atom. The summed E-state index contributed by atoms with van der Waals surface area (Å²) in [5.41, 5.74) is 1.71. The minimum absolute atomic E-state index is 0.0806. The molecule has 2 aromatic carbocycles. The van der Waals surface area contributed by atoms with Crippen LogP contribution in [0.25, 0.3) is 11.4 Å². The van der Waals surface area contributed by atoms with Crippen molar-refractivity contribution in [1.82, 2.24) is 14.9 Å². The summed E-state index contributed by atoms with van der Waals surface area (Å²) in [7, 11) is 1.36. The van der Waals surface area contributed by atoms with Crippen LogP contribution in [0.2, 0.25) is 0 Å². The molecule has 0 aliphatic carbocycles. The van der Waals surface area contributed by atoms with Crippen LogP contribution in [0, 0.1) is 5.82 Å². The van der Waals surface area contributed by atoms with Gasteiger partial charge in [-0.05, 0) is 48.6 Å². The van der Waals surface area contributed by atoms with Crippen molar-refractivity contribution in [3.05, 3.63) is 77.4 Å². The van der Waals surface area contributed by atoms with Gasteiger partial charge in [-0.3, -0.25) is 9.59 Å². The average Bonchev–Trinajstić information content (AvgIpc) is 3.30. The fraction of sp³-hybridized carbons (Fsp3) is 0.414. The van der Waals surface area contributed by atoms with Crippen molar-refractivity contribution in [3.63, 3.8) is 0 Å². The second-order valence-electron chi connectivity index (χ2n) is 9.90. The number of nitrogens with zero attached hydrogens (tertiary/aromatic N) is 2. The lowest BCUT2D eigenvalue weighted by Crippen LogP contribution is -2.41. The average molecular weight is 558 g/mol. The van der Waals surface area contributed by atoms with E-state index >= 15 is 0 Å². The minimum atomic E-state index is -1.21. The molecule has 5 N–H and O–H groups in total. The summed E-state index contributed by atoms with van der Waals surface area (Å²) in [6, 6.07) is 14.4. The highest BCUT2D eigenvalue weighted by atomic mass is 19.1. The number of aromatic nitrogens is 2. The van der Waals surface area contributed by atoms with Gasteiger partial charge in [0.25, 0.3) is 5.91 Å². The lowest BCUT2D eigenvalue weighted by Gasteiger charge is -2.23. The van der Waals surface area contributed by atoms with Gasteiger partial charge in [0.15, 0.2) is 6.23 Å². The van der Waals surface area contributed by atoms with Gasteiger partial charge in [0, 0.05) is 19.2 Å². The molecule has 4 atom stereocenters. The van der Waals surface area contributed by atoms with Crippen molar-refractivity contribution in [1.29, 1.82) is 0 Å². The molecule has 11 heteroatoms. The zero-order chi connectivity index (χ0) is 29.4. The van der Waals surface area contributed by atoms with E-state index in [2.05, 4.69) is 10.3 Å². The third-order valence-electron chi connectivity index (χ3n) is 6.47. The number of imidazole rings is 1. The fourth-order valence-corrected chi connectivity index (χ4v) is 4.55. The van der Waals surface area contributed by atoms with Crippen LogP contribution in [0.1, 0.15) is 66.9 Å². The fourth-order valence-electron chi connectivity index (χ4n) is 4.55. The van der Waals surface area contributed by atoms with Gasteiger partial charge < -0.3 is 35.0 Å². The standard InChI is InChI=1S/C29H36FN3O7/c1-17(2)25-24(28(39)32-29(40-3)26(38)18-7-5-4-6-8-18)31-27(19-9-11-20(30)12-10-19)33(25)14-13-21(34)15-22(35)16-23(36)37/h4-12,17,21-22,26,29,34-35,38H,13-16H2,1-3H3,(H,32,39)(H,36,37)/t21-,22-,26+,29+/m1/s1. The van der Waals surface area contributed by atoms with E-state index in [1.54, 1.807) is 34.9 Å². The Kier molecular flexibility index (Phi) is 10.9. The van der Waals surface area contributed by atoms with E-state index in [1.807, 2.05) is 13.8 Å². The number of methoxy groups -OCH3 is 1. The van der Waals surface area contributed by atoms with Crippen molar-refractivity contribution < 1.29 is 39.1 Å². The molecule has 0 saturated heterocycles. The predicted octanol–water partition coefficient (Wildman–Crippen LogP) is 3.23. The molecule has 1 aromatic heterocycles. The molecule has 0 saturated carbocycles. The number of benzene rings is 2. The van der Waals surface area contributed by atoms with E-state index in [0.717, 1.165) is 0 Å². The Labute approximate surface area is 232 Å². The number of hydrogen-bond acceptors (Lipinski definition) is 7. The highest BCUT2D eigenvalue weighted by Crippen LogP contribution is 2.29. The van der Waals surface area contributed by atoms with Gasteiger partial charge in [0.2, 0.25) is 0 Å². The van der Waals surface area contributed by atoms with Crippen LogP contribution in [0.4, 0.5) is 4.39 Å². The summed E-state index contributed by atoms with van der Waals surface area (Å²) >= 11 is 0. The van der Waals surface area contributed by atoms with E-state index < -0.39 is 48.7 Å². The number of ether oxygens (including phenoxy) is 1. The molecule has 40 heavy (non-hydrogen) atoms. The predicted molar refractivity (Wildman–Crippen MR) is 145 cm³/mol. The quantitative estimate of drug-likeness (QED) is 0.189. The Morgan fingerprint density at radius 2 is 1.68 bits per heavy atom. The molecule has 0 spiro atoms. The van der Waals surface area contributed by atoms with Crippen LogP contribution in [0.5, 0.6) is 0 Å². The minimum Gasteiger partial charge on any atom is -0.481 e. The number of amides is 1. The summed E-state index contributed by atoms with van der Waals surface area (Å²) in [6.45, 7) is 3.93. The normalized spacial score (nSPS) is 14.5. The van der Waals surface area contributed by atoms with Crippen molar-refractivity contribution in [2.75, 3.05) is 7.11 Å². The van der Waals surface area contributed by atoms with Gasteiger partial charge >= 0.3 is 5.97 Å². The smallest absolute Gasteiger partial charge is 0.305 e. The Balaban J connectivity index is 1.95. The zero-order valence-electron chi connectivity index (χ0n) is 22.7. The summed E-state index contributed by atoms with van der Waals surface area (Å²) < 4.78 is 20.8. The van der Waals surface area contributed by atoms with Crippen LogP contribution in [0.3, 0.4) is 0 Å². The maximum atomic E-state index is 13.7. The van der Waals surface area contributed by atoms with E-state index in [-0.39, 0.29) is 31.0 Å². The van der Waals surface area contributed by atoms with Gasteiger partial charge in [-0.15, -0.1) is 0 Å². The molecule has 10 nitrogen and oxygen atoms in total. The van der Waals surface area contributed by atoms with Crippen LogP contribution >= 0.6 is 0 Å². The topological polar surface area (TPSA) is 154 Å². The molecule has 216 valence electrons. The lowest BCUT2D eigenvalue weighted by atomic mass is 10.0. The highest BCUT2D eigenvalue weighted by Gasteiger charge is 2.29. The molecule has 3 rings (SSSR count). The van der Waals surface area contributed by atoms with E-state index in [4.69, 9.17) is 9.84 Å². The SMILES string of the molecule is CO[C@H](NC(=O)c1nc(-c2ccc(F)cc2)n(CC[C@@H](O)C[C@@H](O)CC(=O)O)c1C(C)C)[C@@H](O)c1ccccc1. The number of hydrogen-bond donors (Lipinski definition) is 5. The second kappa shape index (κ2) is 14.1. The van der Waals surface area contributed by atoms with Gasteiger partial charge in [0.1, 0.15) is 23.4 Å². The molecule has 0 aliphatic rings. The number of halogens is 1. The first kappa shape index (κ1) is 30.9. The number of carbonyl (C=O) groups is 2.